The van der Waals surface area contributed by atoms with Gasteiger partial charge in [0.25, 0.3) is 0 Å². The lowest BCUT2D eigenvalue weighted by atomic mass is 9.37. The van der Waals surface area contributed by atoms with E-state index in [1.165, 1.54) is 11.1 Å². The average molecular weight is 845 g/mol. The van der Waals surface area contributed by atoms with Crippen molar-refractivity contribution in [1.29, 1.82) is 0 Å². The summed E-state index contributed by atoms with van der Waals surface area (Å²) < 4.78 is 27.4. The summed E-state index contributed by atoms with van der Waals surface area (Å²) in [6.45, 7) is 13.3. The van der Waals surface area contributed by atoms with Gasteiger partial charge in [-0.25, -0.2) is 0 Å². The first-order chi connectivity index (χ1) is 31.5. The molecule has 0 bridgehead atoms. The van der Waals surface area contributed by atoms with Gasteiger partial charge in [-0.1, -0.05) is 120 Å². The highest BCUT2D eigenvalue weighted by Crippen LogP contribution is 2.50. The number of hydrogen-bond acceptors (Lipinski definition) is 6. The monoisotopic (exact) mass is 844 g/mol. The fourth-order valence-corrected chi connectivity index (χ4v) is 10.2. The van der Waals surface area contributed by atoms with Crippen molar-refractivity contribution in [3.05, 3.63) is 175 Å². The van der Waals surface area contributed by atoms with Gasteiger partial charge in [0.15, 0.2) is 0 Å². The second-order valence-electron chi connectivity index (χ2n) is 19.8. The molecule has 6 heterocycles. The molecule has 2 aliphatic heterocycles. The zero-order chi connectivity index (χ0) is 43.9. The third kappa shape index (κ3) is 5.74. The fraction of sp³-hybridized carbons (Fsp3) is 0.138. The van der Waals surface area contributed by atoms with Crippen LogP contribution in [-0.4, -0.2) is 6.71 Å². The highest BCUT2D eigenvalue weighted by molar-refractivity contribution is 6.99. The maximum Gasteiger partial charge on any atom is 0.342 e. The van der Waals surface area contributed by atoms with Gasteiger partial charge in [-0.3, -0.25) is 0 Å². The van der Waals surface area contributed by atoms with E-state index in [-0.39, 0.29) is 17.5 Å². The predicted octanol–water partition coefficient (Wildman–Crippen LogP) is 14.7. The summed E-state index contributed by atoms with van der Waals surface area (Å²) in [6.07, 6.45) is 0. The molecule has 0 N–H and O–H groups in total. The lowest BCUT2D eigenvalue weighted by Crippen LogP contribution is -2.60. The Labute approximate surface area is 377 Å². The van der Waals surface area contributed by atoms with E-state index in [0.29, 0.717) is 0 Å². The van der Waals surface area contributed by atoms with Crippen LogP contribution in [0.1, 0.15) is 52.7 Å². The Morgan fingerprint density at radius 1 is 0.400 bits per heavy atom. The van der Waals surface area contributed by atoms with E-state index in [1.807, 2.05) is 36.4 Å². The molecule has 0 atom stereocenters. The Morgan fingerprint density at radius 3 is 1.29 bits per heavy atom. The molecule has 65 heavy (non-hydrogen) atoms. The smallest absolute Gasteiger partial charge is 0.342 e. The highest BCUT2D eigenvalue weighted by atomic mass is 16.4. The normalized spacial score (nSPS) is 13.6. The number of nitrogens with zero attached hydrogens (tertiary/aromatic N) is 2. The maximum absolute atomic E-state index is 7.24. The first-order valence-corrected chi connectivity index (χ1v) is 22.5. The molecule has 2 aliphatic rings. The Balaban J connectivity index is 1.09. The van der Waals surface area contributed by atoms with Crippen LogP contribution < -0.4 is 26.6 Å². The van der Waals surface area contributed by atoms with E-state index in [9.17, 15) is 0 Å². The van der Waals surface area contributed by atoms with Gasteiger partial charge in [0, 0.05) is 55.4 Å². The molecular formula is C58H45BN2O4. The summed E-state index contributed by atoms with van der Waals surface area (Å²) in [4.78, 5) is 4.81. The van der Waals surface area contributed by atoms with E-state index in [4.69, 9.17) is 17.7 Å². The van der Waals surface area contributed by atoms with Crippen LogP contribution in [0.5, 0.6) is 0 Å². The Bertz CT molecular complexity index is 3430. The van der Waals surface area contributed by atoms with Gasteiger partial charge in [-0.15, -0.1) is 0 Å². The molecule has 13 rings (SSSR count). The van der Waals surface area contributed by atoms with E-state index < -0.39 is 0 Å². The Kier molecular flexibility index (Phi) is 7.83. The Morgan fingerprint density at radius 2 is 0.846 bits per heavy atom. The molecular weight excluding hydrogens is 799 g/mol. The van der Waals surface area contributed by atoms with Gasteiger partial charge in [-0.05, 0) is 112 Å². The molecule has 0 amide bonds. The third-order valence-corrected chi connectivity index (χ3v) is 13.5. The van der Waals surface area contributed by atoms with Gasteiger partial charge < -0.3 is 27.5 Å². The first kappa shape index (κ1) is 37.9. The molecule has 0 saturated carbocycles. The minimum Gasteiger partial charge on any atom is -0.468 e. The lowest BCUT2D eigenvalue weighted by Gasteiger charge is -2.40. The van der Waals surface area contributed by atoms with Crippen molar-refractivity contribution >= 4 is 101 Å². The topological polar surface area (TPSA) is 59.0 Å². The van der Waals surface area contributed by atoms with Gasteiger partial charge in [0.1, 0.15) is 45.2 Å². The zero-order valence-corrected chi connectivity index (χ0v) is 37.2. The largest absolute Gasteiger partial charge is 0.468 e. The van der Waals surface area contributed by atoms with Crippen LogP contribution in [0.15, 0.2) is 181 Å². The molecule has 314 valence electrons. The van der Waals surface area contributed by atoms with E-state index in [1.54, 1.807) is 0 Å². The summed E-state index contributed by atoms with van der Waals surface area (Å²) in [6, 6.07) is 58.1. The van der Waals surface area contributed by atoms with Crippen LogP contribution in [0.4, 0.5) is 34.1 Å². The second-order valence-corrected chi connectivity index (χ2v) is 19.8. The number of benzene rings is 7. The van der Waals surface area contributed by atoms with Crippen LogP contribution in [0, 0.1) is 0 Å². The SMILES string of the molecule is CC(C)(C)c1ccc2oc3c(c2c1)N(c1cccc(-c2cc4ccccc4o2)c1)c1cccc2c1B3c1oc3ccc(C(C)(C)C)cc3c1N2c1cccc(-c2cc3ccccc3o2)c1. The number of para-hydroxylation sites is 2. The van der Waals surface area contributed by atoms with Crippen molar-refractivity contribution in [2.45, 2.75) is 52.4 Å². The molecule has 4 aromatic heterocycles. The van der Waals surface area contributed by atoms with Gasteiger partial charge in [-0.2, -0.15) is 0 Å². The molecule has 7 heteroatoms. The molecule has 11 aromatic rings. The van der Waals surface area contributed by atoms with Crippen LogP contribution in [0.2, 0.25) is 0 Å². The fourth-order valence-electron chi connectivity index (χ4n) is 10.2. The van der Waals surface area contributed by atoms with Crippen molar-refractivity contribution in [3.63, 3.8) is 0 Å². The third-order valence-electron chi connectivity index (χ3n) is 13.5. The number of rotatable bonds is 4. The molecule has 0 radical (unpaired) electrons. The average Bonchev–Trinajstić information content (AvgIpc) is 4.11. The number of fused-ring (bicyclic) bond motifs is 10. The molecule has 0 fully saturated rings. The van der Waals surface area contributed by atoms with Crippen molar-refractivity contribution in [2.75, 3.05) is 9.80 Å². The van der Waals surface area contributed by atoms with Crippen LogP contribution >= 0.6 is 0 Å². The second kappa shape index (κ2) is 13.4. The summed E-state index contributed by atoms with van der Waals surface area (Å²) in [5.74, 6) is 1.64. The number of anilines is 6. The van der Waals surface area contributed by atoms with Crippen LogP contribution in [0.25, 0.3) is 66.5 Å². The van der Waals surface area contributed by atoms with E-state index >= 15 is 0 Å². The summed E-state index contributed by atoms with van der Waals surface area (Å²) >= 11 is 0. The van der Waals surface area contributed by atoms with Crippen molar-refractivity contribution in [1.82, 2.24) is 0 Å². The predicted molar refractivity (Wildman–Crippen MR) is 268 cm³/mol. The lowest BCUT2D eigenvalue weighted by molar-refractivity contribution is 0.590. The standard InChI is InChI=1S/C58H45BN2O4/c1-57(2,3)38-24-26-48-42(32-38)53-55(64-48)59-52-44(60(53)40-18-11-16-34(28-40)50-30-36-14-7-9-22-46(36)62-50)20-13-21-45(52)61(54-43-33-39(58(4,5)6)25-27-49(43)65-56(54)59)41-19-12-17-35(29-41)51-31-37-15-8-10-23-47(37)63-51/h7-33H,1-6H3. The summed E-state index contributed by atoms with van der Waals surface area (Å²) in [5, 5.41) is 4.27. The molecule has 0 spiro atoms. The molecule has 6 nitrogen and oxygen atoms in total. The summed E-state index contributed by atoms with van der Waals surface area (Å²) in [7, 11) is 0. The van der Waals surface area contributed by atoms with Crippen molar-refractivity contribution in [2.24, 2.45) is 0 Å². The van der Waals surface area contributed by atoms with E-state index in [2.05, 4.69) is 179 Å². The van der Waals surface area contributed by atoms with Gasteiger partial charge >= 0.3 is 6.71 Å². The van der Waals surface area contributed by atoms with Crippen LogP contribution in [-0.2, 0) is 10.8 Å². The van der Waals surface area contributed by atoms with E-state index in [0.717, 1.165) is 117 Å². The number of furan rings is 4. The first-order valence-electron chi connectivity index (χ1n) is 22.5. The highest BCUT2D eigenvalue weighted by Gasteiger charge is 2.50. The zero-order valence-electron chi connectivity index (χ0n) is 37.2. The maximum atomic E-state index is 7.24. The molecule has 0 aliphatic carbocycles. The minimum absolute atomic E-state index is 0.0803. The molecule has 0 unspecified atom stereocenters. The minimum atomic E-state index is -0.341. The Hall–Kier alpha value is -7.64. The summed E-state index contributed by atoms with van der Waals surface area (Å²) in [5.41, 5.74) is 16.7. The van der Waals surface area contributed by atoms with Gasteiger partial charge in [0.05, 0.1) is 11.4 Å². The van der Waals surface area contributed by atoms with Gasteiger partial charge in [0.2, 0.25) is 0 Å². The quantitative estimate of drug-likeness (QED) is 0.165. The molecule has 0 saturated heterocycles. The number of hydrogen-bond donors (Lipinski definition) is 0. The van der Waals surface area contributed by atoms with Crippen molar-refractivity contribution < 1.29 is 17.7 Å². The van der Waals surface area contributed by atoms with Crippen molar-refractivity contribution in [3.8, 4) is 22.6 Å². The molecule has 7 aromatic carbocycles. The van der Waals surface area contributed by atoms with Crippen LogP contribution in [0.3, 0.4) is 0 Å².